The number of aryl methyl sites for hydroxylation is 3. The van der Waals surface area contributed by atoms with E-state index in [2.05, 4.69) is 21.3 Å². The van der Waals surface area contributed by atoms with Gasteiger partial charge in [-0.05, 0) is 31.9 Å². The van der Waals surface area contributed by atoms with Gasteiger partial charge < -0.3 is 19.3 Å². The first-order chi connectivity index (χ1) is 15.2. The van der Waals surface area contributed by atoms with E-state index in [0.29, 0.717) is 41.1 Å². The molecule has 1 aliphatic heterocycles. The molecule has 2 radical (unpaired) electrons. The largest absolute Gasteiger partial charge is 0.482 e. The molecule has 0 unspecified atom stereocenters. The van der Waals surface area contributed by atoms with E-state index in [1.54, 1.807) is 32.2 Å². The maximum atomic E-state index is 13.6. The van der Waals surface area contributed by atoms with Gasteiger partial charge in [0.1, 0.15) is 5.75 Å². The highest BCUT2D eigenvalue weighted by Crippen LogP contribution is 2.40. The van der Waals surface area contributed by atoms with Crippen LogP contribution in [0.1, 0.15) is 29.7 Å². The van der Waals surface area contributed by atoms with Gasteiger partial charge in [-0.15, -0.1) is 0 Å². The van der Waals surface area contributed by atoms with Gasteiger partial charge in [0.05, 0.1) is 22.6 Å². The van der Waals surface area contributed by atoms with Crippen LogP contribution in [-0.4, -0.2) is 50.1 Å². The lowest BCUT2D eigenvalue weighted by Crippen LogP contribution is -2.29. The van der Waals surface area contributed by atoms with Crippen molar-refractivity contribution in [3.05, 3.63) is 51.4 Å². The maximum absolute atomic E-state index is 13.6. The Labute approximate surface area is 190 Å². The van der Waals surface area contributed by atoms with Gasteiger partial charge in [0.2, 0.25) is 16.3 Å². The minimum atomic E-state index is -2.67. The summed E-state index contributed by atoms with van der Waals surface area (Å²) in [6.07, 6.45) is -1.26. The number of ether oxygens (including phenoxy) is 1. The van der Waals surface area contributed by atoms with Crippen molar-refractivity contribution < 1.29 is 23.4 Å². The summed E-state index contributed by atoms with van der Waals surface area (Å²) >= 11 is 2.27. The minimum Gasteiger partial charge on any atom is -0.482 e. The normalized spacial score (nSPS) is 13.5. The van der Waals surface area contributed by atoms with E-state index in [-0.39, 0.29) is 21.4 Å². The molecule has 7 nitrogen and oxygen atoms in total. The molecule has 0 saturated carbocycles. The highest BCUT2D eigenvalue weighted by molar-refractivity contribution is 6.31. The van der Waals surface area contributed by atoms with Crippen molar-refractivity contribution >= 4 is 49.1 Å². The zero-order chi connectivity index (χ0) is 23.2. The van der Waals surface area contributed by atoms with Crippen LogP contribution in [0.3, 0.4) is 0 Å². The second-order valence-corrected chi connectivity index (χ2v) is 8.28. The summed E-state index contributed by atoms with van der Waals surface area (Å²) in [4.78, 5) is 29.8. The number of pyridine rings is 2. The Balaban J connectivity index is 1.97. The Morgan fingerprint density at radius 2 is 2.03 bits per heavy atom. The fourth-order valence-corrected chi connectivity index (χ4v) is 4.43. The number of anilines is 2. The predicted octanol–water partition coefficient (Wildman–Crippen LogP) is 2.52. The molecule has 2 aromatic heterocycles. The molecule has 10 heteroatoms. The molecule has 0 amide bonds. The number of carbonyl (C=O) groups is 1. The lowest BCUT2D eigenvalue weighted by Gasteiger charge is -2.33. The third-order valence-electron chi connectivity index (χ3n) is 5.59. The predicted molar refractivity (Wildman–Crippen MR) is 117 cm³/mol. The highest BCUT2D eigenvalue weighted by atomic mass is 27.0. The van der Waals surface area contributed by atoms with Gasteiger partial charge in [-0.3, -0.25) is 9.78 Å². The van der Waals surface area contributed by atoms with Crippen molar-refractivity contribution in [2.75, 3.05) is 18.1 Å². The van der Waals surface area contributed by atoms with E-state index in [1.165, 1.54) is 10.6 Å². The van der Waals surface area contributed by atoms with E-state index >= 15 is 0 Å². The molecule has 4 rings (SSSR count). The molecule has 164 valence electrons. The maximum Gasteiger partial charge on any atom is 0.341 e. The summed E-state index contributed by atoms with van der Waals surface area (Å²) in [5.74, 6) is -0.864. The molecule has 3 aromatic rings. The highest BCUT2D eigenvalue weighted by Gasteiger charge is 2.25. The van der Waals surface area contributed by atoms with Crippen molar-refractivity contribution in [3.63, 3.8) is 0 Å². The second kappa shape index (κ2) is 8.53. The Morgan fingerprint density at radius 1 is 1.28 bits per heavy atom. The van der Waals surface area contributed by atoms with Crippen molar-refractivity contribution in [3.8, 4) is 5.75 Å². The second-order valence-electron chi connectivity index (χ2n) is 7.73. The number of fused-ring (bicyclic) bond motifs is 2. The summed E-state index contributed by atoms with van der Waals surface area (Å²) < 4.78 is 34.3. The average Bonchev–Trinajstić information content (AvgIpc) is 2.75. The van der Waals surface area contributed by atoms with Crippen LogP contribution in [0, 0.1) is 6.92 Å². The number of aliphatic carboxylic acids is 1. The number of halogens is 2. The summed E-state index contributed by atoms with van der Waals surface area (Å²) in [6, 6.07) is 6.51. The van der Waals surface area contributed by atoms with Gasteiger partial charge in [0.15, 0.2) is 6.61 Å². The van der Waals surface area contributed by atoms with Crippen LogP contribution in [0.4, 0.5) is 20.2 Å². The van der Waals surface area contributed by atoms with E-state index < -0.39 is 19.0 Å². The van der Waals surface area contributed by atoms with Crippen LogP contribution in [0.25, 0.3) is 10.9 Å². The van der Waals surface area contributed by atoms with Gasteiger partial charge in [0, 0.05) is 42.2 Å². The van der Waals surface area contributed by atoms with Crippen LogP contribution in [0.2, 0.25) is 0 Å². The van der Waals surface area contributed by atoms with Crippen LogP contribution in [0.15, 0.2) is 29.1 Å². The van der Waals surface area contributed by atoms with Crippen LogP contribution in [0.5, 0.6) is 5.75 Å². The Hall–Kier alpha value is -2.96. The number of alkyl halides is 2. The first kappa shape index (κ1) is 22.2. The molecule has 1 N–H and O–H groups in total. The molecule has 0 fully saturated rings. The van der Waals surface area contributed by atoms with Gasteiger partial charge in [-0.2, -0.15) is 0 Å². The molecule has 1 aromatic carbocycles. The van der Waals surface area contributed by atoms with E-state index in [9.17, 15) is 18.4 Å². The quantitative estimate of drug-likeness (QED) is 0.596. The van der Waals surface area contributed by atoms with Gasteiger partial charge in [-0.25, -0.2) is 13.6 Å². The van der Waals surface area contributed by atoms with Crippen molar-refractivity contribution in [1.29, 1.82) is 0 Å². The fourth-order valence-electron chi connectivity index (χ4n) is 4.07. The zero-order valence-electron chi connectivity index (χ0n) is 17.6. The molecule has 0 bridgehead atoms. The van der Waals surface area contributed by atoms with E-state index in [4.69, 9.17) is 9.84 Å². The fraction of sp³-hybridized carbons (Fsp3) is 0.318. The summed E-state index contributed by atoms with van der Waals surface area (Å²) in [5.41, 5.74) is 2.65. The van der Waals surface area contributed by atoms with Crippen LogP contribution in [-0.2, 0) is 18.3 Å². The number of rotatable bonds is 5. The molecule has 3 heterocycles. The number of benzene rings is 1. The SMILES string of the molecule is Cc1cc2c(N3CCCc4n[c]([Al])c(C(F)F)cc43)cc(OCC(=O)O)cc2n(C)c1=O. The Bertz CT molecular complexity index is 1290. The number of hydrogen-bond donors (Lipinski definition) is 1. The van der Waals surface area contributed by atoms with E-state index in [0.717, 1.165) is 11.8 Å². The Kier molecular flexibility index (Phi) is 5.93. The third-order valence-corrected chi connectivity index (χ3v) is 6.05. The van der Waals surface area contributed by atoms with Gasteiger partial charge in [-0.1, -0.05) is 4.56 Å². The van der Waals surface area contributed by atoms with Crippen LogP contribution >= 0.6 is 0 Å². The van der Waals surface area contributed by atoms with Crippen molar-refractivity contribution in [2.45, 2.75) is 26.2 Å². The third kappa shape index (κ3) is 3.96. The zero-order valence-corrected chi connectivity index (χ0v) is 18.7. The molecule has 32 heavy (non-hydrogen) atoms. The van der Waals surface area contributed by atoms with E-state index in [1.807, 2.05) is 4.90 Å². The summed E-state index contributed by atoms with van der Waals surface area (Å²) in [6.45, 7) is 1.71. The average molecular weight is 455 g/mol. The summed E-state index contributed by atoms with van der Waals surface area (Å²) in [7, 11) is 1.63. The van der Waals surface area contributed by atoms with Crippen molar-refractivity contribution in [2.24, 2.45) is 7.05 Å². The van der Waals surface area contributed by atoms with Crippen molar-refractivity contribution in [1.82, 2.24) is 9.55 Å². The van der Waals surface area contributed by atoms with Gasteiger partial charge in [0.25, 0.3) is 12.0 Å². The minimum absolute atomic E-state index is 0.160. The molecular weight excluding hydrogens is 435 g/mol. The molecule has 0 atom stereocenters. The number of carboxylic acid groups (broad SMARTS) is 1. The first-order valence-corrected chi connectivity index (χ1v) is 10.6. The number of hydrogen-bond acceptors (Lipinski definition) is 5. The lowest BCUT2D eigenvalue weighted by atomic mass is 10.0. The molecule has 1 aliphatic rings. The monoisotopic (exact) mass is 455 g/mol. The van der Waals surface area contributed by atoms with Crippen LogP contribution < -0.4 is 19.8 Å². The summed E-state index contributed by atoms with van der Waals surface area (Å²) in [5, 5.41) is 9.74. The number of carboxylic acids is 1. The smallest absolute Gasteiger partial charge is 0.341 e. The molecule has 0 spiro atoms. The molecule has 0 saturated heterocycles. The number of aromatic nitrogens is 2. The number of nitrogens with zero attached hydrogens (tertiary/aromatic N) is 3. The Morgan fingerprint density at radius 3 is 2.72 bits per heavy atom. The first-order valence-electron chi connectivity index (χ1n) is 10.0. The lowest BCUT2D eigenvalue weighted by molar-refractivity contribution is -0.139. The molecule has 0 aliphatic carbocycles. The topological polar surface area (TPSA) is 84.7 Å². The van der Waals surface area contributed by atoms with Gasteiger partial charge >= 0.3 is 5.97 Å². The molecular formula is C22H20AlF2N3O4. The standard InChI is InChI=1S/C22H20F2N3O4.Al/c1-12-6-15-17(26(2)22(12)30)8-14(31-11-20(28)29)9-18(15)27-5-3-4-16-19(27)7-13(10-25-16)21(23)24;/h6-9,21H,3-5,11H2,1-2H3,(H,28,29);.